The van der Waals surface area contributed by atoms with Gasteiger partial charge in [0.15, 0.2) is 0 Å². The number of hydrogen-bond acceptors (Lipinski definition) is 5. The summed E-state index contributed by atoms with van der Waals surface area (Å²) in [5.41, 5.74) is 0.358. The quantitative estimate of drug-likeness (QED) is 0.741. The second kappa shape index (κ2) is 8.83. The zero-order chi connectivity index (χ0) is 20.0. The Morgan fingerprint density at radius 2 is 1.78 bits per heavy atom. The first-order valence-corrected chi connectivity index (χ1v) is 9.53. The predicted octanol–water partition coefficient (Wildman–Crippen LogP) is 2.49. The van der Waals surface area contributed by atoms with Gasteiger partial charge >= 0.3 is 0 Å². The molecule has 27 heavy (non-hydrogen) atoms. The third-order valence-corrected chi connectivity index (χ3v) is 5.74. The highest BCUT2D eigenvalue weighted by atomic mass is 32.2. The van der Waals surface area contributed by atoms with Crippen molar-refractivity contribution in [1.82, 2.24) is 4.31 Å². The van der Waals surface area contributed by atoms with Crippen LogP contribution in [0.15, 0.2) is 47.4 Å². The normalized spacial score (nSPS) is 11.3. The number of likely N-dealkylation sites (N-methyl/N-ethyl adjacent to an activating group) is 1. The molecule has 0 saturated heterocycles. The van der Waals surface area contributed by atoms with Crippen LogP contribution in [-0.2, 0) is 14.8 Å². The van der Waals surface area contributed by atoms with Gasteiger partial charge in [-0.3, -0.25) is 4.79 Å². The van der Waals surface area contributed by atoms with E-state index >= 15 is 0 Å². The summed E-state index contributed by atoms with van der Waals surface area (Å²) in [4.78, 5) is 12.3. The molecule has 0 unspecified atom stereocenters. The Hall–Kier alpha value is -2.65. The van der Waals surface area contributed by atoms with Gasteiger partial charge in [0.05, 0.1) is 31.3 Å². The molecule has 2 aromatic rings. The second-order valence-corrected chi connectivity index (χ2v) is 7.44. The summed E-state index contributed by atoms with van der Waals surface area (Å²) in [6.07, 6.45) is 0. The summed E-state index contributed by atoms with van der Waals surface area (Å²) >= 11 is 0. The van der Waals surface area contributed by atoms with Gasteiger partial charge in [-0.25, -0.2) is 12.8 Å². The first kappa shape index (κ1) is 20.7. The van der Waals surface area contributed by atoms with Crippen LogP contribution in [-0.4, -0.2) is 45.9 Å². The molecule has 0 saturated carbocycles. The van der Waals surface area contributed by atoms with Gasteiger partial charge in [-0.1, -0.05) is 6.92 Å². The van der Waals surface area contributed by atoms with E-state index in [2.05, 4.69) is 5.32 Å². The van der Waals surface area contributed by atoms with Crippen molar-refractivity contribution in [1.29, 1.82) is 0 Å². The molecule has 0 fully saturated rings. The van der Waals surface area contributed by atoms with Gasteiger partial charge < -0.3 is 14.8 Å². The summed E-state index contributed by atoms with van der Waals surface area (Å²) < 4.78 is 49.7. The van der Waals surface area contributed by atoms with Crippen LogP contribution in [0, 0.1) is 5.82 Å². The Balaban J connectivity index is 2.19. The van der Waals surface area contributed by atoms with Crippen molar-refractivity contribution < 1.29 is 27.1 Å². The van der Waals surface area contributed by atoms with Crippen molar-refractivity contribution >= 4 is 21.6 Å². The number of methoxy groups -OCH3 is 2. The minimum Gasteiger partial charge on any atom is -0.497 e. The molecular formula is C18H21FN2O5S. The number of benzene rings is 2. The van der Waals surface area contributed by atoms with Crippen molar-refractivity contribution in [3.05, 3.63) is 48.3 Å². The molecule has 2 rings (SSSR count). The lowest BCUT2D eigenvalue weighted by atomic mass is 10.2. The van der Waals surface area contributed by atoms with Crippen molar-refractivity contribution in [3.63, 3.8) is 0 Å². The van der Waals surface area contributed by atoms with Crippen LogP contribution in [0.4, 0.5) is 10.1 Å². The van der Waals surface area contributed by atoms with Crippen LogP contribution in [0.2, 0.25) is 0 Å². The first-order valence-electron chi connectivity index (χ1n) is 8.09. The fourth-order valence-corrected chi connectivity index (χ4v) is 3.79. The second-order valence-electron chi connectivity index (χ2n) is 5.50. The highest BCUT2D eigenvalue weighted by Crippen LogP contribution is 2.29. The third-order valence-electron chi connectivity index (χ3n) is 3.80. The smallest absolute Gasteiger partial charge is 0.243 e. The maximum atomic E-state index is 13.0. The molecule has 2 aromatic carbocycles. The number of carbonyl (C=O) groups is 1. The number of hydrogen-bond donors (Lipinski definition) is 1. The van der Waals surface area contributed by atoms with Crippen molar-refractivity contribution in [3.8, 4) is 11.5 Å². The van der Waals surface area contributed by atoms with E-state index in [0.29, 0.717) is 17.2 Å². The largest absolute Gasteiger partial charge is 0.497 e. The summed E-state index contributed by atoms with van der Waals surface area (Å²) in [7, 11) is -0.993. The number of nitrogens with one attached hydrogen (secondary N) is 1. The average molecular weight is 396 g/mol. The summed E-state index contributed by atoms with van der Waals surface area (Å²) in [6.45, 7) is 1.28. The molecule has 0 atom stereocenters. The van der Waals surface area contributed by atoms with Gasteiger partial charge in [-0.05, 0) is 36.4 Å². The first-order chi connectivity index (χ1) is 12.8. The number of sulfonamides is 1. The van der Waals surface area contributed by atoms with Gasteiger partial charge in [0, 0.05) is 12.6 Å². The van der Waals surface area contributed by atoms with Crippen LogP contribution in [0.1, 0.15) is 6.92 Å². The fourth-order valence-electron chi connectivity index (χ4n) is 2.38. The molecule has 146 valence electrons. The van der Waals surface area contributed by atoms with E-state index in [0.717, 1.165) is 28.6 Å². The molecule has 1 amide bonds. The zero-order valence-corrected chi connectivity index (χ0v) is 16.0. The Bertz CT molecular complexity index is 900. The van der Waals surface area contributed by atoms with E-state index in [4.69, 9.17) is 9.47 Å². The third kappa shape index (κ3) is 4.95. The summed E-state index contributed by atoms with van der Waals surface area (Å²) in [5.74, 6) is -0.167. The molecule has 0 aliphatic heterocycles. The molecule has 0 spiro atoms. The number of carbonyl (C=O) groups excluding carboxylic acids is 1. The van der Waals surface area contributed by atoms with Crippen LogP contribution < -0.4 is 14.8 Å². The van der Waals surface area contributed by atoms with E-state index in [1.54, 1.807) is 25.1 Å². The van der Waals surface area contributed by atoms with Gasteiger partial charge in [0.25, 0.3) is 0 Å². The molecule has 1 N–H and O–H groups in total. The predicted molar refractivity (Wildman–Crippen MR) is 99.0 cm³/mol. The maximum absolute atomic E-state index is 13.0. The SMILES string of the molecule is CCN(CC(=O)Nc1cc(OC)ccc1OC)S(=O)(=O)c1ccc(F)cc1. The fraction of sp³-hybridized carbons (Fsp3) is 0.278. The lowest BCUT2D eigenvalue weighted by molar-refractivity contribution is -0.116. The Kier molecular flexibility index (Phi) is 6.75. The van der Waals surface area contributed by atoms with Crippen molar-refractivity contribution in [2.24, 2.45) is 0 Å². The number of ether oxygens (including phenoxy) is 2. The summed E-state index contributed by atoms with van der Waals surface area (Å²) in [6, 6.07) is 9.31. The van der Waals surface area contributed by atoms with Crippen LogP contribution >= 0.6 is 0 Å². The summed E-state index contributed by atoms with van der Waals surface area (Å²) in [5, 5.41) is 2.62. The standard InChI is InChI=1S/C18H21FN2O5S/c1-4-21(27(23,24)15-8-5-13(19)6-9-15)12-18(22)20-16-11-14(25-2)7-10-17(16)26-3/h5-11H,4,12H2,1-3H3,(H,20,22). The van der Waals surface area contributed by atoms with Gasteiger partial charge in [0.2, 0.25) is 15.9 Å². The number of rotatable bonds is 8. The molecule has 0 bridgehead atoms. The van der Waals surface area contributed by atoms with Crippen LogP contribution in [0.3, 0.4) is 0 Å². The van der Waals surface area contributed by atoms with Gasteiger partial charge in [0.1, 0.15) is 17.3 Å². The number of nitrogens with zero attached hydrogens (tertiary/aromatic N) is 1. The Morgan fingerprint density at radius 1 is 1.11 bits per heavy atom. The number of halogens is 1. The van der Waals surface area contributed by atoms with E-state index in [1.807, 2.05) is 0 Å². The monoisotopic (exact) mass is 396 g/mol. The molecule has 0 heterocycles. The molecule has 0 aromatic heterocycles. The van der Waals surface area contributed by atoms with Crippen LogP contribution in [0.5, 0.6) is 11.5 Å². The van der Waals surface area contributed by atoms with E-state index in [-0.39, 0.29) is 11.4 Å². The Labute approximate surface area is 157 Å². The number of amides is 1. The highest BCUT2D eigenvalue weighted by Gasteiger charge is 2.25. The van der Waals surface area contributed by atoms with Gasteiger partial charge in [-0.2, -0.15) is 4.31 Å². The van der Waals surface area contributed by atoms with Crippen molar-refractivity contribution in [2.75, 3.05) is 32.6 Å². The number of anilines is 1. The molecule has 0 aliphatic rings. The average Bonchev–Trinajstić information content (AvgIpc) is 2.66. The van der Waals surface area contributed by atoms with Gasteiger partial charge in [-0.15, -0.1) is 0 Å². The topological polar surface area (TPSA) is 84.9 Å². The molecule has 0 aliphatic carbocycles. The lowest BCUT2D eigenvalue weighted by Crippen LogP contribution is -2.37. The maximum Gasteiger partial charge on any atom is 0.243 e. The highest BCUT2D eigenvalue weighted by molar-refractivity contribution is 7.89. The minimum absolute atomic E-state index is 0.0718. The molecule has 0 radical (unpaired) electrons. The van der Waals surface area contributed by atoms with E-state index in [1.165, 1.54) is 14.2 Å². The molecule has 7 nitrogen and oxygen atoms in total. The minimum atomic E-state index is -3.93. The Morgan fingerprint density at radius 3 is 2.33 bits per heavy atom. The van der Waals surface area contributed by atoms with Crippen molar-refractivity contribution in [2.45, 2.75) is 11.8 Å². The van der Waals surface area contributed by atoms with E-state index < -0.39 is 28.3 Å². The lowest BCUT2D eigenvalue weighted by Gasteiger charge is -2.20. The van der Waals surface area contributed by atoms with E-state index in [9.17, 15) is 17.6 Å². The van der Waals surface area contributed by atoms with Crippen LogP contribution in [0.25, 0.3) is 0 Å². The molecule has 9 heteroatoms. The zero-order valence-electron chi connectivity index (χ0n) is 15.2. The molecular weight excluding hydrogens is 375 g/mol.